The summed E-state index contributed by atoms with van der Waals surface area (Å²) in [6, 6.07) is 0. The fourth-order valence-corrected chi connectivity index (χ4v) is 1.30. The second-order valence-electron chi connectivity index (χ2n) is 5.13. The first-order valence-electron chi connectivity index (χ1n) is 3.84. The van der Waals surface area contributed by atoms with Crippen molar-refractivity contribution in [1.82, 2.24) is 0 Å². The van der Waals surface area contributed by atoms with Gasteiger partial charge in [-0.1, -0.05) is 41.5 Å². The van der Waals surface area contributed by atoms with E-state index in [4.69, 9.17) is 0 Å². The molecule has 0 saturated carbocycles. The molecule has 1 N–H and O–H groups in total. The number of hydrogen-bond donors (Lipinski definition) is 1. The maximum atomic E-state index is 9.72. The Bertz CT molecular complexity index is 93.7. The van der Waals surface area contributed by atoms with Gasteiger partial charge in [-0.15, -0.1) is 0 Å². The number of hydrogen-bond acceptors (Lipinski definition) is 1. The van der Waals surface area contributed by atoms with E-state index in [1.54, 1.807) is 0 Å². The summed E-state index contributed by atoms with van der Waals surface area (Å²) >= 11 is 0. The summed E-state index contributed by atoms with van der Waals surface area (Å²) in [7, 11) is 0. The third kappa shape index (κ3) is 4.76. The van der Waals surface area contributed by atoms with Crippen LogP contribution >= 0.6 is 9.90 Å². The number of rotatable bonds is 0. The maximum absolute atomic E-state index is 9.72. The van der Waals surface area contributed by atoms with Crippen LogP contribution in [0, 0.1) is 10.8 Å². The second kappa shape index (κ2) is 3.87. The molecule has 1 nitrogen and oxygen atoms in total. The lowest BCUT2D eigenvalue weighted by atomic mass is 9.74. The highest BCUT2D eigenvalue weighted by atomic mass is 31.0. The van der Waals surface area contributed by atoms with E-state index >= 15 is 0 Å². The summed E-state index contributed by atoms with van der Waals surface area (Å²) in [5.41, 5.74) is -0.00347. The quantitative estimate of drug-likeness (QED) is 0.565. The first-order chi connectivity index (χ1) is 4.15. The van der Waals surface area contributed by atoms with Crippen molar-refractivity contribution in [2.24, 2.45) is 10.8 Å². The molecule has 0 amide bonds. The van der Waals surface area contributed by atoms with Crippen LogP contribution in [-0.2, 0) is 0 Å². The van der Waals surface area contributed by atoms with Crippen LogP contribution in [0.1, 0.15) is 41.5 Å². The fourth-order valence-electron chi connectivity index (χ4n) is 1.30. The molecule has 0 aliphatic rings. The summed E-state index contributed by atoms with van der Waals surface area (Å²) in [4.78, 5) is 0. The van der Waals surface area contributed by atoms with Gasteiger partial charge in [0.1, 0.15) is 0 Å². The normalized spacial score (nSPS) is 13.1. The first kappa shape index (κ1) is 13.9. The van der Waals surface area contributed by atoms with Crippen LogP contribution in [-0.4, -0.2) is 11.2 Å². The molecule has 0 radical (unpaired) electrons. The second-order valence-corrected chi connectivity index (χ2v) is 5.13. The zero-order valence-corrected chi connectivity index (χ0v) is 10.1. The molecular weight excluding hydrogens is 155 g/mol. The molecule has 11 heavy (non-hydrogen) atoms. The Kier molecular flexibility index (Phi) is 4.90. The van der Waals surface area contributed by atoms with E-state index in [-0.39, 0.29) is 26.8 Å². The van der Waals surface area contributed by atoms with Gasteiger partial charge in [0.05, 0.1) is 6.10 Å². The molecule has 70 valence electrons. The summed E-state index contributed by atoms with van der Waals surface area (Å²) in [6.45, 7) is 12.4. The van der Waals surface area contributed by atoms with Crippen molar-refractivity contribution in [3.63, 3.8) is 0 Å². The zero-order chi connectivity index (χ0) is 8.58. The molecule has 0 aromatic carbocycles. The molecule has 0 aromatic rings. The molecule has 0 heterocycles. The van der Waals surface area contributed by atoms with Gasteiger partial charge in [-0.05, 0) is 10.8 Å². The van der Waals surface area contributed by atoms with Gasteiger partial charge >= 0.3 is 0 Å². The van der Waals surface area contributed by atoms with Crippen molar-refractivity contribution in [2.45, 2.75) is 47.6 Å². The SMILES string of the molecule is CC(C)(C)C(O)C(C)(C)C.P. The molecule has 1 unspecified atom stereocenters. The van der Waals surface area contributed by atoms with Crippen LogP contribution in [0.2, 0.25) is 0 Å². The van der Waals surface area contributed by atoms with Crippen LogP contribution in [0.25, 0.3) is 0 Å². The van der Waals surface area contributed by atoms with Gasteiger partial charge in [0.2, 0.25) is 0 Å². The van der Waals surface area contributed by atoms with Crippen molar-refractivity contribution in [3.8, 4) is 0 Å². The van der Waals surface area contributed by atoms with Crippen molar-refractivity contribution in [1.29, 1.82) is 0 Å². The smallest absolute Gasteiger partial charge is 0.0636 e. The Hall–Kier alpha value is 0.390. The van der Waals surface area contributed by atoms with Crippen molar-refractivity contribution in [2.75, 3.05) is 0 Å². The third-order valence-corrected chi connectivity index (χ3v) is 1.64. The van der Waals surface area contributed by atoms with Gasteiger partial charge in [-0.25, -0.2) is 0 Å². The van der Waals surface area contributed by atoms with Crippen LogP contribution in [0.15, 0.2) is 0 Å². The predicted octanol–water partition coefficient (Wildman–Crippen LogP) is 2.50. The number of aliphatic hydroxyl groups is 1. The maximum Gasteiger partial charge on any atom is 0.0636 e. The Balaban J connectivity index is 0. The van der Waals surface area contributed by atoms with Crippen LogP contribution < -0.4 is 0 Å². The highest BCUT2D eigenvalue weighted by Crippen LogP contribution is 2.32. The van der Waals surface area contributed by atoms with E-state index in [0.717, 1.165) is 0 Å². The molecule has 0 fully saturated rings. The van der Waals surface area contributed by atoms with Crippen LogP contribution in [0.3, 0.4) is 0 Å². The Morgan fingerprint density at radius 3 is 1.00 bits per heavy atom. The lowest BCUT2D eigenvalue weighted by molar-refractivity contribution is -0.0229. The minimum Gasteiger partial charge on any atom is -0.392 e. The van der Waals surface area contributed by atoms with Gasteiger partial charge in [0.25, 0.3) is 0 Å². The van der Waals surface area contributed by atoms with Crippen molar-refractivity contribution in [3.05, 3.63) is 0 Å². The molecule has 0 saturated heterocycles. The topological polar surface area (TPSA) is 20.2 Å². The van der Waals surface area contributed by atoms with E-state index in [1.165, 1.54) is 0 Å². The average molecular weight is 178 g/mol. The van der Waals surface area contributed by atoms with Crippen LogP contribution in [0.5, 0.6) is 0 Å². The number of aliphatic hydroxyl groups excluding tert-OH is 1. The Morgan fingerprint density at radius 1 is 0.818 bits per heavy atom. The summed E-state index contributed by atoms with van der Waals surface area (Å²) < 4.78 is 0. The molecule has 0 bridgehead atoms. The predicted molar refractivity (Wildman–Crippen MR) is 56.0 cm³/mol. The molecule has 2 heteroatoms. The van der Waals surface area contributed by atoms with E-state index in [0.29, 0.717) is 0 Å². The lowest BCUT2D eigenvalue weighted by Crippen LogP contribution is -2.37. The van der Waals surface area contributed by atoms with E-state index in [2.05, 4.69) is 41.5 Å². The lowest BCUT2D eigenvalue weighted by Gasteiger charge is -2.36. The Labute approximate surface area is 74.2 Å². The highest BCUT2D eigenvalue weighted by Gasteiger charge is 2.32. The van der Waals surface area contributed by atoms with Crippen molar-refractivity contribution >= 4 is 9.90 Å². The molecular formula is C9H23OP. The average Bonchev–Trinajstić information content (AvgIpc) is 1.59. The van der Waals surface area contributed by atoms with Gasteiger partial charge < -0.3 is 5.11 Å². The zero-order valence-electron chi connectivity index (χ0n) is 8.73. The minimum absolute atomic E-state index is 0. The van der Waals surface area contributed by atoms with E-state index < -0.39 is 0 Å². The van der Waals surface area contributed by atoms with E-state index in [9.17, 15) is 5.11 Å². The Morgan fingerprint density at radius 2 is 1.00 bits per heavy atom. The molecule has 0 aliphatic carbocycles. The molecule has 1 atom stereocenters. The highest BCUT2D eigenvalue weighted by molar-refractivity contribution is 6.92. The standard InChI is InChI=1S/C9H20O.H3P/c1-8(2,3)7(10)9(4,5)6;/h7,10H,1-6H3;1H3. The fraction of sp³-hybridized carbons (Fsp3) is 1.00. The van der Waals surface area contributed by atoms with E-state index in [1.807, 2.05) is 0 Å². The van der Waals surface area contributed by atoms with Gasteiger partial charge in [0.15, 0.2) is 0 Å². The molecule has 0 aliphatic heterocycles. The summed E-state index contributed by atoms with van der Waals surface area (Å²) in [5, 5.41) is 9.72. The first-order valence-corrected chi connectivity index (χ1v) is 3.84. The molecule has 0 aromatic heterocycles. The van der Waals surface area contributed by atoms with Gasteiger partial charge in [0, 0.05) is 0 Å². The molecule has 0 spiro atoms. The minimum atomic E-state index is -0.236. The third-order valence-electron chi connectivity index (χ3n) is 1.64. The van der Waals surface area contributed by atoms with Gasteiger partial charge in [-0.2, -0.15) is 9.90 Å². The molecule has 0 rings (SSSR count). The summed E-state index contributed by atoms with van der Waals surface area (Å²) in [6.07, 6.45) is -0.236. The monoisotopic (exact) mass is 178 g/mol. The largest absolute Gasteiger partial charge is 0.392 e. The van der Waals surface area contributed by atoms with Crippen molar-refractivity contribution < 1.29 is 5.11 Å². The van der Waals surface area contributed by atoms with Crippen LogP contribution in [0.4, 0.5) is 0 Å². The summed E-state index contributed by atoms with van der Waals surface area (Å²) in [5.74, 6) is 0. The van der Waals surface area contributed by atoms with Gasteiger partial charge in [-0.3, -0.25) is 0 Å².